The summed E-state index contributed by atoms with van der Waals surface area (Å²) in [6, 6.07) is 18.0. The molecule has 0 saturated carbocycles. The molecule has 126 valence electrons. The van der Waals surface area contributed by atoms with E-state index >= 15 is 0 Å². The Morgan fingerprint density at radius 1 is 1.08 bits per heavy atom. The number of carbonyl (C=O) groups excluding carboxylic acids is 1. The topological polar surface area (TPSA) is 46.2 Å². The first kappa shape index (κ1) is 16.9. The summed E-state index contributed by atoms with van der Waals surface area (Å²) in [7, 11) is -0.952. The van der Waals surface area contributed by atoms with Gasteiger partial charge in [0, 0.05) is 28.9 Å². The summed E-state index contributed by atoms with van der Waals surface area (Å²) in [6.07, 6.45) is 3.01. The number of hydrogen-bond acceptors (Lipinski definition) is 2. The monoisotopic (exact) mass is 341 g/mol. The maximum atomic E-state index is 12.5. The third-order valence-corrected chi connectivity index (χ3v) is 5.80. The minimum absolute atomic E-state index is 0.0579. The van der Waals surface area contributed by atoms with Gasteiger partial charge in [-0.25, -0.2) is 0 Å². The van der Waals surface area contributed by atoms with E-state index in [4.69, 9.17) is 0 Å². The van der Waals surface area contributed by atoms with Crippen molar-refractivity contribution in [3.05, 3.63) is 71.3 Å². The number of carbonyl (C=O) groups is 1. The molecule has 2 aromatic carbocycles. The van der Waals surface area contributed by atoms with Crippen molar-refractivity contribution in [3.63, 3.8) is 0 Å². The first-order valence-corrected chi connectivity index (χ1v) is 9.97. The number of benzene rings is 2. The van der Waals surface area contributed by atoms with Crippen molar-refractivity contribution in [1.29, 1.82) is 0 Å². The van der Waals surface area contributed by atoms with Gasteiger partial charge in [-0.1, -0.05) is 54.6 Å². The highest BCUT2D eigenvalue weighted by atomic mass is 32.2. The molecule has 1 aliphatic rings. The number of hydrogen-bond donors (Lipinski definition) is 1. The van der Waals surface area contributed by atoms with Crippen LogP contribution in [0.15, 0.2) is 54.6 Å². The molecule has 0 aromatic heterocycles. The Kier molecular flexibility index (Phi) is 5.81. The molecular weight excluding hydrogens is 318 g/mol. The molecule has 3 nitrogen and oxygen atoms in total. The quantitative estimate of drug-likeness (QED) is 0.877. The van der Waals surface area contributed by atoms with Crippen LogP contribution in [0.5, 0.6) is 0 Å². The van der Waals surface area contributed by atoms with Crippen molar-refractivity contribution >= 4 is 16.7 Å². The second-order valence-corrected chi connectivity index (χ2v) is 7.79. The summed E-state index contributed by atoms with van der Waals surface area (Å²) < 4.78 is 12.1. The predicted molar refractivity (Wildman–Crippen MR) is 98.3 cm³/mol. The van der Waals surface area contributed by atoms with Gasteiger partial charge >= 0.3 is 0 Å². The lowest BCUT2D eigenvalue weighted by molar-refractivity contribution is -0.122. The molecule has 0 fully saturated rings. The van der Waals surface area contributed by atoms with Gasteiger partial charge in [0.05, 0.1) is 5.92 Å². The second-order valence-electron chi connectivity index (χ2n) is 6.21. The highest BCUT2D eigenvalue weighted by Crippen LogP contribution is 2.31. The van der Waals surface area contributed by atoms with Gasteiger partial charge in [-0.05, 0) is 36.0 Å². The van der Waals surface area contributed by atoms with Crippen LogP contribution in [0, 0.1) is 0 Å². The molecule has 2 atom stereocenters. The van der Waals surface area contributed by atoms with E-state index in [2.05, 4.69) is 17.4 Å². The Labute approximate surface area is 145 Å². The van der Waals surface area contributed by atoms with Crippen molar-refractivity contribution in [2.75, 3.05) is 12.3 Å². The second kappa shape index (κ2) is 8.25. The van der Waals surface area contributed by atoms with Crippen LogP contribution in [-0.2, 0) is 27.8 Å². The van der Waals surface area contributed by atoms with Gasteiger partial charge in [0.15, 0.2) is 0 Å². The molecule has 2 aromatic rings. The number of fused-ring (bicyclic) bond motifs is 1. The average Bonchev–Trinajstić information content (AvgIpc) is 2.62. The fourth-order valence-electron chi connectivity index (χ4n) is 3.27. The molecular formula is C20H23NO2S. The van der Waals surface area contributed by atoms with Crippen LogP contribution >= 0.6 is 0 Å². The van der Waals surface area contributed by atoms with E-state index in [1.54, 1.807) is 0 Å². The Hall–Kier alpha value is -1.94. The third kappa shape index (κ3) is 4.32. The Bertz CT molecular complexity index is 715. The van der Waals surface area contributed by atoms with Crippen molar-refractivity contribution in [1.82, 2.24) is 5.32 Å². The molecule has 0 radical (unpaired) electrons. The zero-order valence-corrected chi connectivity index (χ0v) is 14.6. The maximum Gasteiger partial charge on any atom is 0.227 e. The normalized spacial score (nSPS) is 17.8. The van der Waals surface area contributed by atoms with Crippen molar-refractivity contribution in [2.24, 2.45) is 0 Å². The van der Waals surface area contributed by atoms with Gasteiger partial charge in [0.1, 0.15) is 0 Å². The van der Waals surface area contributed by atoms with E-state index in [1.165, 1.54) is 5.56 Å². The molecule has 4 heteroatoms. The van der Waals surface area contributed by atoms with Crippen LogP contribution in [0.25, 0.3) is 0 Å². The van der Waals surface area contributed by atoms with Crippen LogP contribution in [0.3, 0.4) is 0 Å². The largest absolute Gasteiger partial charge is 0.355 e. The highest BCUT2D eigenvalue weighted by molar-refractivity contribution is 7.84. The molecule has 2 unspecified atom stereocenters. The fourth-order valence-corrected chi connectivity index (χ4v) is 4.31. The SMILES string of the molecule is O=C(NCCS(=O)Cc1ccccc1)C1CCCc2ccccc21. The van der Waals surface area contributed by atoms with Crippen LogP contribution in [0.1, 0.15) is 35.4 Å². The molecule has 0 spiro atoms. The summed E-state index contributed by atoms with van der Waals surface area (Å²) in [4.78, 5) is 12.5. The summed E-state index contributed by atoms with van der Waals surface area (Å²) >= 11 is 0. The van der Waals surface area contributed by atoms with Gasteiger partial charge in [0.2, 0.25) is 5.91 Å². The van der Waals surface area contributed by atoms with Crippen LogP contribution in [0.4, 0.5) is 0 Å². The predicted octanol–water partition coefficient (Wildman–Crippen LogP) is 3.17. The van der Waals surface area contributed by atoms with Crippen molar-refractivity contribution < 1.29 is 9.00 Å². The minimum Gasteiger partial charge on any atom is -0.355 e. The molecule has 0 bridgehead atoms. The van der Waals surface area contributed by atoms with E-state index in [-0.39, 0.29) is 11.8 Å². The Balaban J connectivity index is 1.49. The summed E-state index contributed by atoms with van der Waals surface area (Å²) in [5.41, 5.74) is 3.52. The average molecular weight is 341 g/mol. The van der Waals surface area contributed by atoms with Gasteiger partial charge in [-0.15, -0.1) is 0 Å². The Morgan fingerprint density at radius 2 is 1.83 bits per heavy atom. The molecule has 0 saturated heterocycles. The standard InChI is InChI=1S/C20H23NO2S/c22-20(19-12-6-10-17-9-4-5-11-18(17)19)21-13-14-24(23)15-16-7-2-1-3-8-16/h1-5,7-9,11,19H,6,10,12-15H2,(H,21,22). The van der Waals surface area contributed by atoms with Crippen LogP contribution < -0.4 is 5.32 Å². The number of nitrogens with one attached hydrogen (secondary N) is 1. The molecule has 1 amide bonds. The zero-order valence-electron chi connectivity index (χ0n) is 13.7. The summed E-state index contributed by atoms with van der Waals surface area (Å²) in [5.74, 6) is 1.05. The molecule has 3 rings (SSSR count). The van der Waals surface area contributed by atoms with E-state index in [0.29, 0.717) is 18.1 Å². The minimum atomic E-state index is -0.952. The van der Waals surface area contributed by atoms with Crippen molar-refractivity contribution in [2.45, 2.75) is 30.9 Å². The number of amides is 1. The van der Waals surface area contributed by atoms with Crippen LogP contribution in [-0.4, -0.2) is 22.4 Å². The van der Waals surface area contributed by atoms with Gasteiger partial charge in [-0.3, -0.25) is 9.00 Å². The lowest BCUT2D eigenvalue weighted by Gasteiger charge is -2.24. The highest BCUT2D eigenvalue weighted by Gasteiger charge is 2.25. The number of aryl methyl sites for hydroxylation is 1. The summed E-state index contributed by atoms with van der Waals surface area (Å²) in [5, 5.41) is 2.98. The molecule has 0 aliphatic heterocycles. The third-order valence-electron chi connectivity index (χ3n) is 4.49. The fraction of sp³-hybridized carbons (Fsp3) is 0.350. The first-order valence-electron chi connectivity index (χ1n) is 8.48. The van der Waals surface area contributed by atoms with E-state index in [9.17, 15) is 9.00 Å². The van der Waals surface area contributed by atoms with E-state index in [1.807, 2.05) is 42.5 Å². The molecule has 24 heavy (non-hydrogen) atoms. The van der Waals surface area contributed by atoms with Crippen LogP contribution in [0.2, 0.25) is 0 Å². The number of rotatable bonds is 6. The molecule has 1 N–H and O–H groups in total. The summed E-state index contributed by atoms with van der Waals surface area (Å²) in [6.45, 7) is 0.469. The van der Waals surface area contributed by atoms with Gasteiger partial charge in [-0.2, -0.15) is 0 Å². The lowest BCUT2D eigenvalue weighted by Crippen LogP contribution is -2.34. The molecule has 0 heterocycles. The van der Waals surface area contributed by atoms with Crippen molar-refractivity contribution in [3.8, 4) is 0 Å². The first-order chi connectivity index (χ1) is 11.7. The van der Waals surface area contributed by atoms with Gasteiger partial charge in [0.25, 0.3) is 0 Å². The maximum absolute atomic E-state index is 12.5. The van der Waals surface area contributed by atoms with E-state index < -0.39 is 10.8 Å². The zero-order chi connectivity index (χ0) is 16.8. The lowest BCUT2D eigenvalue weighted by atomic mass is 9.82. The smallest absolute Gasteiger partial charge is 0.227 e. The van der Waals surface area contributed by atoms with E-state index in [0.717, 1.165) is 30.4 Å². The van der Waals surface area contributed by atoms with Gasteiger partial charge < -0.3 is 5.32 Å². The molecule has 1 aliphatic carbocycles. The Morgan fingerprint density at radius 3 is 2.67 bits per heavy atom.